The van der Waals surface area contributed by atoms with Crippen molar-refractivity contribution in [2.45, 2.75) is 33.7 Å². The summed E-state index contributed by atoms with van der Waals surface area (Å²) in [4.78, 5) is 12.7. The average molecular weight is 400 g/mol. The van der Waals surface area contributed by atoms with Crippen LogP contribution in [-0.2, 0) is 0 Å². The zero-order chi connectivity index (χ0) is 21.3. The third kappa shape index (κ3) is 3.08. The van der Waals surface area contributed by atoms with Gasteiger partial charge in [-0.15, -0.1) is 0 Å². The number of nitrogen functional groups attached to an aromatic ring is 1. The number of hydrogen-bond acceptors (Lipinski definition) is 5. The molecule has 0 saturated heterocycles. The summed E-state index contributed by atoms with van der Waals surface area (Å²) in [6.07, 6.45) is 7.19. The number of aryl methyl sites for hydroxylation is 1. The van der Waals surface area contributed by atoms with Crippen molar-refractivity contribution in [3.8, 4) is 11.3 Å². The summed E-state index contributed by atoms with van der Waals surface area (Å²) in [5.74, 6) is 0.456. The van der Waals surface area contributed by atoms with Crippen molar-refractivity contribution >= 4 is 22.4 Å². The van der Waals surface area contributed by atoms with Crippen molar-refractivity contribution in [3.63, 3.8) is 0 Å². The van der Waals surface area contributed by atoms with Gasteiger partial charge < -0.3 is 10.1 Å². The van der Waals surface area contributed by atoms with E-state index in [0.717, 1.165) is 39.1 Å². The third-order valence-electron chi connectivity index (χ3n) is 5.17. The Morgan fingerprint density at radius 2 is 1.80 bits per heavy atom. The second-order valence-corrected chi connectivity index (χ2v) is 6.84. The van der Waals surface area contributed by atoms with Crippen LogP contribution in [0.1, 0.15) is 38.1 Å². The van der Waals surface area contributed by atoms with Crippen LogP contribution < -0.4 is 5.73 Å². The molecule has 5 rings (SSSR count). The van der Waals surface area contributed by atoms with Crippen LogP contribution in [0.15, 0.2) is 61.3 Å². The number of hydrogen-bond donors (Lipinski definition) is 1. The molecule has 0 amide bonds. The first-order chi connectivity index (χ1) is 14.6. The van der Waals surface area contributed by atoms with Crippen molar-refractivity contribution in [1.29, 1.82) is 0 Å². The lowest BCUT2D eigenvalue weighted by atomic mass is 10.0. The molecule has 0 aliphatic rings. The molecule has 0 bridgehead atoms. The van der Waals surface area contributed by atoms with Gasteiger partial charge in [-0.2, -0.15) is 5.10 Å². The van der Waals surface area contributed by atoms with Crippen LogP contribution in [0.5, 0.6) is 0 Å². The fourth-order valence-electron chi connectivity index (χ4n) is 3.85. The summed E-state index contributed by atoms with van der Waals surface area (Å²) in [5.41, 5.74) is 12.1. The molecule has 5 aromatic rings. The minimum absolute atomic E-state index is 0.0476. The van der Waals surface area contributed by atoms with Crippen LogP contribution in [-0.4, -0.2) is 29.1 Å². The fourth-order valence-corrected chi connectivity index (χ4v) is 3.85. The normalized spacial score (nSPS) is 12.0. The zero-order valence-electron chi connectivity index (χ0n) is 17.6. The van der Waals surface area contributed by atoms with Crippen molar-refractivity contribution in [1.82, 2.24) is 29.1 Å². The highest BCUT2D eigenvalue weighted by molar-refractivity contribution is 5.88. The van der Waals surface area contributed by atoms with Crippen LogP contribution in [0.4, 0.5) is 5.82 Å². The zero-order valence-corrected chi connectivity index (χ0v) is 17.6. The van der Waals surface area contributed by atoms with E-state index in [1.54, 1.807) is 0 Å². The molecule has 7 heteroatoms. The van der Waals surface area contributed by atoms with Crippen LogP contribution in [0, 0.1) is 6.92 Å². The first-order valence-corrected chi connectivity index (χ1v) is 10.1. The maximum atomic E-state index is 6.08. The van der Waals surface area contributed by atoms with Gasteiger partial charge in [-0.1, -0.05) is 19.9 Å². The number of rotatable bonds is 3. The number of nitrogens with zero attached hydrogens (tertiary/aromatic N) is 6. The highest BCUT2D eigenvalue weighted by atomic mass is 15.3. The molecule has 0 saturated carbocycles. The summed E-state index contributed by atoms with van der Waals surface area (Å²) in [6, 6.07) is 12.4. The lowest BCUT2D eigenvalue weighted by molar-refractivity contribution is 0.576. The van der Waals surface area contributed by atoms with Crippen molar-refractivity contribution in [2.24, 2.45) is 0 Å². The van der Waals surface area contributed by atoms with E-state index in [1.165, 1.54) is 6.33 Å². The SMILES string of the molecule is CC.Cc1nn(C(C)c2cc3ccccn3c2-c2ccncc2)c2ncnc(N)c12. The van der Waals surface area contributed by atoms with Crippen LogP contribution in [0.3, 0.4) is 0 Å². The Labute approximate surface area is 175 Å². The molecule has 152 valence electrons. The van der Waals surface area contributed by atoms with Crippen molar-refractivity contribution < 1.29 is 0 Å². The van der Waals surface area contributed by atoms with Crippen molar-refractivity contribution in [3.05, 3.63) is 72.6 Å². The summed E-state index contributed by atoms with van der Waals surface area (Å²) in [6.45, 7) is 8.06. The van der Waals surface area contributed by atoms with Gasteiger partial charge in [-0.3, -0.25) is 4.98 Å². The lowest BCUT2D eigenvalue weighted by Crippen LogP contribution is -2.10. The molecule has 7 nitrogen and oxygen atoms in total. The van der Waals surface area contributed by atoms with Gasteiger partial charge in [-0.05, 0) is 44.2 Å². The Morgan fingerprint density at radius 3 is 2.57 bits per heavy atom. The number of fused-ring (bicyclic) bond motifs is 2. The quantitative estimate of drug-likeness (QED) is 0.476. The predicted molar refractivity (Wildman–Crippen MR) is 120 cm³/mol. The Hall–Kier alpha value is -3.74. The fraction of sp³-hybridized carbons (Fsp3) is 0.217. The van der Waals surface area contributed by atoms with Gasteiger partial charge in [0.15, 0.2) is 5.65 Å². The van der Waals surface area contributed by atoms with Gasteiger partial charge in [0.05, 0.1) is 22.8 Å². The molecule has 1 unspecified atom stereocenters. The van der Waals surface area contributed by atoms with E-state index < -0.39 is 0 Å². The molecule has 1 atom stereocenters. The Bertz CT molecular complexity index is 1300. The lowest BCUT2D eigenvalue weighted by Gasteiger charge is -2.15. The number of nitrogens with two attached hydrogens (primary N) is 1. The number of aromatic nitrogens is 6. The van der Waals surface area contributed by atoms with Gasteiger partial charge in [0.1, 0.15) is 12.1 Å². The van der Waals surface area contributed by atoms with E-state index >= 15 is 0 Å². The third-order valence-corrected chi connectivity index (χ3v) is 5.17. The Morgan fingerprint density at radius 1 is 1.03 bits per heavy atom. The Balaban J connectivity index is 0.00000106. The first-order valence-electron chi connectivity index (χ1n) is 10.1. The van der Waals surface area contributed by atoms with Crippen molar-refractivity contribution in [2.75, 3.05) is 5.73 Å². The second kappa shape index (κ2) is 7.94. The molecule has 2 N–H and O–H groups in total. The first kappa shape index (κ1) is 19.6. The molecule has 0 aromatic carbocycles. The standard InChI is InChI=1S/C21H19N7.C2H6/c1-13-18-20(22)24-12-25-21(18)28(26-13)14(2)17-11-16-5-3-4-10-27(16)19(17)15-6-8-23-9-7-15;1-2/h3-12,14H,1-2H3,(H2,22,24,25);1-2H3. The molecule has 0 aliphatic carbocycles. The molecular weight excluding hydrogens is 374 g/mol. The average Bonchev–Trinajstić information content (AvgIpc) is 3.34. The van der Waals surface area contributed by atoms with E-state index in [2.05, 4.69) is 44.6 Å². The minimum Gasteiger partial charge on any atom is -0.383 e. The summed E-state index contributed by atoms with van der Waals surface area (Å²) in [7, 11) is 0. The molecule has 0 fully saturated rings. The molecule has 30 heavy (non-hydrogen) atoms. The topological polar surface area (TPSA) is 86.9 Å². The monoisotopic (exact) mass is 399 g/mol. The van der Waals surface area contributed by atoms with Crippen LogP contribution >= 0.6 is 0 Å². The van der Waals surface area contributed by atoms with Gasteiger partial charge in [0.25, 0.3) is 0 Å². The Kier molecular flexibility index (Phi) is 5.18. The van der Waals surface area contributed by atoms with E-state index in [1.807, 2.05) is 62.1 Å². The predicted octanol–water partition coefficient (Wildman–Crippen LogP) is 4.67. The van der Waals surface area contributed by atoms with E-state index in [-0.39, 0.29) is 6.04 Å². The molecular formula is C23H25N7. The number of pyridine rings is 2. The molecule has 0 spiro atoms. The highest BCUT2D eigenvalue weighted by Gasteiger charge is 2.23. The van der Waals surface area contributed by atoms with Crippen LogP contribution in [0.2, 0.25) is 0 Å². The minimum atomic E-state index is -0.0476. The molecule has 5 heterocycles. The summed E-state index contributed by atoms with van der Waals surface area (Å²) >= 11 is 0. The largest absolute Gasteiger partial charge is 0.383 e. The summed E-state index contributed by atoms with van der Waals surface area (Å²) in [5, 5.41) is 5.55. The highest BCUT2D eigenvalue weighted by Crippen LogP contribution is 2.35. The molecule has 0 aliphatic heterocycles. The van der Waals surface area contributed by atoms with E-state index in [4.69, 9.17) is 10.8 Å². The van der Waals surface area contributed by atoms with Crippen LogP contribution in [0.25, 0.3) is 27.8 Å². The van der Waals surface area contributed by atoms with E-state index in [0.29, 0.717) is 5.82 Å². The smallest absolute Gasteiger partial charge is 0.164 e. The van der Waals surface area contributed by atoms with Gasteiger partial charge in [0, 0.05) is 35.2 Å². The van der Waals surface area contributed by atoms with E-state index in [9.17, 15) is 0 Å². The van der Waals surface area contributed by atoms with Gasteiger partial charge in [0.2, 0.25) is 0 Å². The number of anilines is 1. The van der Waals surface area contributed by atoms with Gasteiger partial charge >= 0.3 is 0 Å². The molecule has 5 aromatic heterocycles. The van der Waals surface area contributed by atoms with Gasteiger partial charge in [-0.25, -0.2) is 14.6 Å². The maximum Gasteiger partial charge on any atom is 0.164 e. The second-order valence-electron chi connectivity index (χ2n) is 6.84. The summed E-state index contributed by atoms with van der Waals surface area (Å²) < 4.78 is 4.13. The maximum absolute atomic E-state index is 6.08. The molecule has 0 radical (unpaired) electrons.